The Hall–Kier alpha value is -10.6. The summed E-state index contributed by atoms with van der Waals surface area (Å²) in [6.45, 7) is 0. The van der Waals surface area contributed by atoms with Gasteiger partial charge >= 0.3 is 0 Å². The average Bonchev–Trinajstić information content (AvgIpc) is 4.42. The predicted molar refractivity (Wildman–Crippen MR) is 314 cm³/mol. The molecule has 6 aromatic heterocycles. The van der Waals surface area contributed by atoms with Crippen LogP contribution < -0.4 is 0 Å². The van der Waals surface area contributed by atoms with E-state index in [0.29, 0.717) is 17.6 Å². The molecular weight excluding hydrogens is 945 g/mol. The number of aromatic nitrogens is 6. The molecule has 358 valence electrons. The van der Waals surface area contributed by atoms with Crippen molar-refractivity contribution in [2.75, 3.05) is 0 Å². The molecule has 8 nitrogen and oxygen atoms in total. The summed E-state index contributed by atoms with van der Waals surface area (Å²) in [4.78, 5) is 16.3. The lowest BCUT2D eigenvalue weighted by Crippen LogP contribution is -2.07. The SMILES string of the molecule is c1ccc(-c2nc(-c3cccc4oc5ccc(-c6cccc7oc8cc(-n9c%10ccccc%10c%10ccccc%109)ccc8c67)cc5c34)nc(-n3c4ccccc4c4ccc5c6ccccc6n(-c6ccccc6)c5c43)n2)cc1. The van der Waals surface area contributed by atoms with Gasteiger partial charge < -0.3 is 18.0 Å². The molecular formula is C69H40N6O2. The van der Waals surface area contributed by atoms with Crippen LogP contribution in [-0.4, -0.2) is 28.7 Å². The fourth-order valence-corrected chi connectivity index (χ4v) is 12.4. The van der Waals surface area contributed by atoms with Crippen molar-refractivity contribution >= 4 is 109 Å². The molecule has 0 aliphatic heterocycles. The number of hydrogen-bond donors (Lipinski definition) is 0. The Morgan fingerprint density at radius 2 is 0.792 bits per heavy atom. The molecule has 0 unspecified atom stereocenters. The number of furan rings is 2. The van der Waals surface area contributed by atoms with Gasteiger partial charge in [-0.25, -0.2) is 4.98 Å². The molecule has 0 aliphatic rings. The van der Waals surface area contributed by atoms with Crippen LogP contribution in [0.3, 0.4) is 0 Å². The second-order valence-electron chi connectivity index (χ2n) is 19.9. The molecule has 0 saturated heterocycles. The van der Waals surface area contributed by atoms with Crippen LogP contribution in [0.25, 0.3) is 161 Å². The third-order valence-corrected chi connectivity index (χ3v) is 15.7. The number of para-hydroxylation sites is 5. The third kappa shape index (κ3) is 6.06. The van der Waals surface area contributed by atoms with Crippen LogP contribution in [0.5, 0.6) is 0 Å². The van der Waals surface area contributed by atoms with Crippen LogP contribution in [-0.2, 0) is 0 Å². The first-order chi connectivity index (χ1) is 38.2. The topological polar surface area (TPSA) is 79.7 Å². The molecule has 0 spiro atoms. The summed E-state index contributed by atoms with van der Waals surface area (Å²) < 4.78 is 20.4. The summed E-state index contributed by atoms with van der Waals surface area (Å²) in [5, 5.41) is 11.0. The zero-order chi connectivity index (χ0) is 50.3. The maximum Gasteiger partial charge on any atom is 0.238 e. The molecule has 6 heterocycles. The van der Waals surface area contributed by atoms with E-state index in [9.17, 15) is 0 Å². The van der Waals surface area contributed by atoms with Crippen molar-refractivity contribution < 1.29 is 8.83 Å². The Bertz CT molecular complexity index is 5240. The van der Waals surface area contributed by atoms with E-state index in [-0.39, 0.29) is 0 Å². The minimum atomic E-state index is 0.516. The summed E-state index contributed by atoms with van der Waals surface area (Å²) in [6, 6.07) is 85.3. The molecule has 8 heteroatoms. The van der Waals surface area contributed by atoms with Gasteiger partial charge in [0.1, 0.15) is 22.3 Å². The Kier molecular flexibility index (Phi) is 8.68. The lowest BCUT2D eigenvalue weighted by atomic mass is 9.97. The van der Waals surface area contributed by atoms with E-state index < -0.39 is 0 Å². The highest BCUT2D eigenvalue weighted by atomic mass is 16.3. The van der Waals surface area contributed by atoms with E-state index >= 15 is 0 Å². The molecule has 0 N–H and O–H groups in total. The lowest BCUT2D eigenvalue weighted by molar-refractivity contribution is 0.668. The van der Waals surface area contributed by atoms with Crippen LogP contribution in [0.1, 0.15) is 0 Å². The van der Waals surface area contributed by atoms with Gasteiger partial charge in [0, 0.05) is 82.4 Å². The van der Waals surface area contributed by atoms with Gasteiger partial charge in [-0.3, -0.25) is 4.57 Å². The molecule has 0 aliphatic carbocycles. The van der Waals surface area contributed by atoms with Gasteiger partial charge in [0.2, 0.25) is 5.95 Å². The zero-order valence-corrected chi connectivity index (χ0v) is 41.1. The first-order valence-electron chi connectivity index (χ1n) is 25.9. The first-order valence-corrected chi connectivity index (χ1v) is 25.9. The van der Waals surface area contributed by atoms with Crippen LogP contribution in [0.2, 0.25) is 0 Å². The Morgan fingerprint density at radius 3 is 1.47 bits per heavy atom. The largest absolute Gasteiger partial charge is 0.456 e. The second-order valence-corrected chi connectivity index (χ2v) is 19.9. The molecule has 11 aromatic carbocycles. The monoisotopic (exact) mass is 984 g/mol. The number of rotatable bonds is 6. The molecule has 0 radical (unpaired) electrons. The molecule has 0 fully saturated rings. The minimum Gasteiger partial charge on any atom is -0.456 e. The summed E-state index contributed by atoms with van der Waals surface area (Å²) in [5.74, 6) is 1.62. The van der Waals surface area contributed by atoms with Gasteiger partial charge in [0.15, 0.2) is 11.6 Å². The van der Waals surface area contributed by atoms with Crippen LogP contribution in [0.15, 0.2) is 251 Å². The highest BCUT2D eigenvalue weighted by Crippen LogP contribution is 2.45. The van der Waals surface area contributed by atoms with Crippen LogP contribution >= 0.6 is 0 Å². The molecule has 77 heavy (non-hydrogen) atoms. The maximum absolute atomic E-state index is 6.75. The van der Waals surface area contributed by atoms with Crippen molar-refractivity contribution in [2.45, 2.75) is 0 Å². The maximum atomic E-state index is 6.75. The van der Waals surface area contributed by atoms with Crippen molar-refractivity contribution in [2.24, 2.45) is 0 Å². The smallest absolute Gasteiger partial charge is 0.238 e. The van der Waals surface area contributed by atoms with Crippen molar-refractivity contribution in [3.8, 4) is 51.2 Å². The Morgan fingerprint density at radius 1 is 0.273 bits per heavy atom. The quantitative estimate of drug-likeness (QED) is 0.166. The van der Waals surface area contributed by atoms with E-state index in [2.05, 4.69) is 226 Å². The fraction of sp³-hybridized carbons (Fsp3) is 0. The summed E-state index contributed by atoms with van der Waals surface area (Å²) in [7, 11) is 0. The Labute approximate surface area is 438 Å². The lowest BCUT2D eigenvalue weighted by Gasteiger charge is -2.13. The average molecular weight is 985 g/mol. The summed E-state index contributed by atoms with van der Waals surface area (Å²) in [6.07, 6.45) is 0. The first kappa shape index (κ1) is 41.9. The van der Waals surface area contributed by atoms with Gasteiger partial charge in [-0.1, -0.05) is 164 Å². The Balaban J connectivity index is 0.880. The third-order valence-electron chi connectivity index (χ3n) is 15.7. The van der Waals surface area contributed by atoms with Gasteiger partial charge in [0.05, 0.1) is 33.1 Å². The van der Waals surface area contributed by atoms with Gasteiger partial charge in [0.25, 0.3) is 0 Å². The number of fused-ring (bicyclic) bond motifs is 16. The second kappa shape index (κ2) is 16.0. The summed E-state index contributed by atoms with van der Waals surface area (Å²) in [5.41, 5.74) is 15.7. The van der Waals surface area contributed by atoms with E-state index in [4.69, 9.17) is 23.8 Å². The molecule has 0 amide bonds. The molecule has 0 saturated carbocycles. The van der Waals surface area contributed by atoms with Crippen molar-refractivity contribution in [3.63, 3.8) is 0 Å². The number of nitrogens with zero attached hydrogens (tertiary/aromatic N) is 6. The van der Waals surface area contributed by atoms with E-state index in [1.165, 1.54) is 16.2 Å². The van der Waals surface area contributed by atoms with Crippen LogP contribution in [0, 0.1) is 0 Å². The van der Waals surface area contributed by atoms with E-state index in [0.717, 1.165) is 127 Å². The minimum absolute atomic E-state index is 0.516. The molecule has 0 atom stereocenters. The van der Waals surface area contributed by atoms with Gasteiger partial charge in [-0.05, 0) is 83.9 Å². The van der Waals surface area contributed by atoms with Crippen molar-refractivity contribution in [3.05, 3.63) is 243 Å². The zero-order valence-electron chi connectivity index (χ0n) is 41.1. The summed E-state index contributed by atoms with van der Waals surface area (Å²) >= 11 is 0. The highest BCUT2D eigenvalue weighted by molar-refractivity contribution is 6.24. The normalized spacial score (nSPS) is 12.2. The highest BCUT2D eigenvalue weighted by Gasteiger charge is 2.25. The molecule has 0 bridgehead atoms. The van der Waals surface area contributed by atoms with Gasteiger partial charge in [-0.2, -0.15) is 9.97 Å². The van der Waals surface area contributed by atoms with Crippen molar-refractivity contribution in [1.82, 2.24) is 28.7 Å². The van der Waals surface area contributed by atoms with Crippen LogP contribution in [0.4, 0.5) is 0 Å². The number of benzene rings is 11. The molecule has 17 aromatic rings. The number of hydrogen-bond acceptors (Lipinski definition) is 5. The van der Waals surface area contributed by atoms with Gasteiger partial charge in [-0.15, -0.1) is 0 Å². The standard InChI is InChI=1S/C69H40N6O2/c1-3-17-41(18-4-1)67-70-68(72-69(71-67)75-58-30-14-10-24-49(58)51-37-36-50-48-23-9-13-29-57(48)74(65(50)66(51)75)43-19-5-2-6-20-43)53-26-16-32-61-64(53)54-39-42(33-38-59(54)76-61)45-25-15-31-60-63(45)52-35-34-44(40-62(52)77-60)73-55-27-11-7-21-46(55)47-22-8-12-28-56(47)73/h1-40H. The van der Waals surface area contributed by atoms with Crippen molar-refractivity contribution in [1.29, 1.82) is 0 Å². The fourth-order valence-electron chi connectivity index (χ4n) is 12.4. The predicted octanol–water partition coefficient (Wildman–Crippen LogP) is 18.0. The van der Waals surface area contributed by atoms with E-state index in [1.54, 1.807) is 0 Å². The molecule has 17 rings (SSSR count). The van der Waals surface area contributed by atoms with E-state index in [1.807, 2.05) is 30.3 Å².